The van der Waals surface area contributed by atoms with Gasteiger partial charge < -0.3 is 15.2 Å². The van der Waals surface area contributed by atoms with E-state index in [1.165, 1.54) is 6.07 Å². The minimum Gasteiger partial charge on any atom is -0.497 e. The van der Waals surface area contributed by atoms with Crippen LogP contribution in [0.3, 0.4) is 0 Å². The molecule has 0 fully saturated rings. The quantitative estimate of drug-likeness (QED) is 0.870. The van der Waals surface area contributed by atoms with Crippen LogP contribution < -0.4 is 10.1 Å². The van der Waals surface area contributed by atoms with E-state index in [1.54, 1.807) is 13.2 Å². The van der Waals surface area contributed by atoms with Gasteiger partial charge in [-0.2, -0.15) is 0 Å². The summed E-state index contributed by atoms with van der Waals surface area (Å²) in [5, 5.41) is 12.1. The van der Waals surface area contributed by atoms with Crippen LogP contribution in [0.15, 0.2) is 30.3 Å². The number of aromatic nitrogens is 2. The molecule has 104 valence electrons. The number of aryl methyl sites for hydroxylation is 1. The summed E-state index contributed by atoms with van der Waals surface area (Å²) in [6.45, 7) is 1.87. The van der Waals surface area contributed by atoms with E-state index in [2.05, 4.69) is 15.3 Å². The number of hydrogen-bond donors (Lipinski definition) is 2. The van der Waals surface area contributed by atoms with Crippen LogP contribution in [0.4, 0.5) is 11.5 Å². The zero-order valence-corrected chi connectivity index (χ0v) is 11.3. The number of hydrogen-bond acceptors (Lipinski definition) is 5. The largest absolute Gasteiger partial charge is 0.497 e. The topological polar surface area (TPSA) is 84.3 Å². The normalized spacial score (nSPS) is 10.1. The van der Waals surface area contributed by atoms with Crippen molar-refractivity contribution in [2.24, 2.45) is 0 Å². The number of benzene rings is 1. The molecule has 0 saturated heterocycles. The third kappa shape index (κ3) is 3.23. The first-order valence-electron chi connectivity index (χ1n) is 6.14. The number of nitrogens with one attached hydrogen (secondary N) is 1. The predicted molar refractivity (Wildman–Crippen MR) is 74.6 cm³/mol. The van der Waals surface area contributed by atoms with Gasteiger partial charge in [-0.05, 0) is 12.1 Å². The molecule has 20 heavy (non-hydrogen) atoms. The van der Waals surface area contributed by atoms with Gasteiger partial charge in [0.1, 0.15) is 17.4 Å². The van der Waals surface area contributed by atoms with Crippen LogP contribution in [0.1, 0.15) is 23.2 Å². The molecule has 1 aromatic heterocycles. The summed E-state index contributed by atoms with van der Waals surface area (Å²) in [4.78, 5) is 19.2. The van der Waals surface area contributed by atoms with Gasteiger partial charge >= 0.3 is 5.97 Å². The monoisotopic (exact) mass is 273 g/mol. The Morgan fingerprint density at radius 2 is 2.15 bits per heavy atom. The van der Waals surface area contributed by atoms with E-state index in [0.717, 1.165) is 5.69 Å². The number of carbonyl (C=O) groups is 1. The molecule has 0 aliphatic rings. The van der Waals surface area contributed by atoms with Crippen molar-refractivity contribution in [2.45, 2.75) is 13.3 Å². The molecular weight excluding hydrogens is 258 g/mol. The summed E-state index contributed by atoms with van der Waals surface area (Å²) in [6, 6.07) is 8.71. The fraction of sp³-hybridized carbons (Fsp3) is 0.214. The highest BCUT2D eigenvalue weighted by atomic mass is 16.5. The molecule has 0 amide bonds. The Balaban J connectivity index is 2.32. The summed E-state index contributed by atoms with van der Waals surface area (Å²) in [5.74, 6) is 0.562. The second-order valence-electron chi connectivity index (χ2n) is 4.07. The van der Waals surface area contributed by atoms with E-state index < -0.39 is 5.97 Å². The first-order valence-corrected chi connectivity index (χ1v) is 6.14. The van der Waals surface area contributed by atoms with Crippen LogP contribution in [0.2, 0.25) is 0 Å². The molecule has 6 heteroatoms. The minimum absolute atomic E-state index is 0.0257. The fourth-order valence-corrected chi connectivity index (χ4v) is 1.68. The van der Waals surface area contributed by atoms with E-state index in [0.29, 0.717) is 23.8 Å². The van der Waals surface area contributed by atoms with Crippen LogP contribution >= 0.6 is 0 Å². The lowest BCUT2D eigenvalue weighted by Crippen LogP contribution is -2.07. The Hall–Kier alpha value is -2.63. The molecule has 0 radical (unpaired) electrons. The number of carboxylic acid groups (broad SMARTS) is 1. The standard InChI is InChI=1S/C14H15N3O3/c1-3-12-16-11(14(18)19)8-13(17-12)15-9-5-4-6-10(7-9)20-2/h4-8H,3H2,1-2H3,(H,18,19)(H,15,16,17). The molecule has 0 unspecified atom stereocenters. The summed E-state index contributed by atoms with van der Waals surface area (Å²) in [6.07, 6.45) is 0.563. The zero-order chi connectivity index (χ0) is 14.5. The maximum absolute atomic E-state index is 11.0. The van der Waals surface area contributed by atoms with Crippen molar-refractivity contribution >= 4 is 17.5 Å². The van der Waals surface area contributed by atoms with Crippen molar-refractivity contribution in [3.63, 3.8) is 0 Å². The molecule has 2 N–H and O–H groups in total. The zero-order valence-electron chi connectivity index (χ0n) is 11.3. The molecule has 2 aromatic rings. The van der Waals surface area contributed by atoms with Gasteiger partial charge in [0.15, 0.2) is 5.69 Å². The third-order valence-electron chi connectivity index (χ3n) is 2.65. The molecular formula is C14H15N3O3. The lowest BCUT2D eigenvalue weighted by molar-refractivity contribution is 0.0690. The first-order chi connectivity index (χ1) is 9.62. The van der Waals surface area contributed by atoms with E-state index >= 15 is 0 Å². The molecule has 1 aromatic carbocycles. The van der Waals surface area contributed by atoms with Crippen LogP contribution in [-0.4, -0.2) is 28.2 Å². The van der Waals surface area contributed by atoms with E-state index in [9.17, 15) is 4.79 Å². The van der Waals surface area contributed by atoms with Crippen molar-refractivity contribution in [1.29, 1.82) is 0 Å². The number of ether oxygens (including phenoxy) is 1. The number of anilines is 2. The average molecular weight is 273 g/mol. The lowest BCUT2D eigenvalue weighted by atomic mass is 10.3. The number of nitrogens with zero attached hydrogens (tertiary/aromatic N) is 2. The summed E-state index contributed by atoms with van der Waals surface area (Å²) in [7, 11) is 1.58. The number of methoxy groups -OCH3 is 1. The second-order valence-corrected chi connectivity index (χ2v) is 4.07. The van der Waals surface area contributed by atoms with Gasteiger partial charge in [-0.25, -0.2) is 14.8 Å². The summed E-state index contributed by atoms with van der Waals surface area (Å²) >= 11 is 0. The minimum atomic E-state index is -1.07. The van der Waals surface area contributed by atoms with E-state index in [-0.39, 0.29) is 5.69 Å². The molecule has 0 bridgehead atoms. The van der Waals surface area contributed by atoms with Crippen molar-refractivity contribution in [1.82, 2.24) is 9.97 Å². The molecule has 0 spiro atoms. The number of rotatable bonds is 5. The van der Waals surface area contributed by atoms with Gasteiger partial charge in [-0.3, -0.25) is 0 Å². The van der Waals surface area contributed by atoms with Crippen molar-refractivity contribution in [2.75, 3.05) is 12.4 Å². The molecule has 0 saturated carbocycles. The van der Waals surface area contributed by atoms with Crippen molar-refractivity contribution in [3.8, 4) is 5.75 Å². The van der Waals surface area contributed by atoms with Gasteiger partial charge in [-0.1, -0.05) is 13.0 Å². The third-order valence-corrected chi connectivity index (χ3v) is 2.65. The van der Waals surface area contributed by atoms with Crippen LogP contribution in [0.5, 0.6) is 5.75 Å². The Bertz CT molecular complexity index is 629. The second kappa shape index (κ2) is 6.01. The maximum Gasteiger partial charge on any atom is 0.354 e. The Labute approximate surface area is 116 Å². The van der Waals surface area contributed by atoms with Gasteiger partial charge in [-0.15, -0.1) is 0 Å². The smallest absolute Gasteiger partial charge is 0.354 e. The lowest BCUT2D eigenvalue weighted by Gasteiger charge is -2.09. The SMILES string of the molecule is CCc1nc(Nc2cccc(OC)c2)cc(C(=O)O)n1. The number of aromatic carboxylic acids is 1. The summed E-state index contributed by atoms with van der Waals surface area (Å²) < 4.78 is 5.13. The van der Waals surface area contributed by atoms with Gasteiger partial charge in [0.2, 0.25) is 0 Å². The first kappa shape index (κ1) is 13.8. The van der Waals surface area contributed by atoms with Crippen LogP contribution in [-0.2, 0) is 6.42 Å². The molecule has 1 heterocycles. The maximum atomic E-state index is 11.0. The molecule has 0 aliphatic carbocycles. The highest BCUT2D eigenvalue weighted by Gasteiger charge is 2.10. The van der Waals surface area contributed by atoms with Crippen molar-refractivity contribution in [3.05, 3.63) is 41.9 Å². The number of carboxylic acids is 1. The Morgan fingerprint density at radius 3 is 2.80 bits per heavy atom. The molecule has 6 nitrogen and oxygen atoms in total. The van der Waals surface area contributed by atoms with Crippen molar-refractivity contribution < 1.29 is 14.6 Å². The predicted octanol–water partition coefficient (Wildman–Crippen LogP) is 2.49. The van der Waals surface area contributed by atoms with Gasteiger partial charge in [0.05, 0.1) is 7.11 Å². The van der Waals surface area contributed by atoms with E-state index in [1.807, 2.05) is 25.1 Å². The Morgan fingerprint density at radius 1 is 1.35 bits per heavy atom. The van der Waals surface area contributed by atoms with E-state index in [4.69, 9.17) is 9.84 Å². The highest BCUT2D eigenvalue weighted by Crippen LogP contribution is 2.20. The summed E-state index contributed by atoms with van der Waals surface area (Å²) in [5.41, 5.74) is 0.740. The molecule has 2 rings (SSSR count). The average Bonchev–Trinajstić information content (AvgIpc) is 2.47. The van der Waals surface area contributed by atoms with Crippen LogP contribution in [0.25, 0.3) is 0 Å². The fourth-order valence-electron chi connectivity index (χ4n) is 1.68. The highest BCUT2D eigenvalue weighted by molar-refractivity contribution is 5.86. The molecule has 0 aliphatic heterocycles. The van der Waals surface area contributed by atoms with Gasteiger partial charge in [0.25, 0.3) is 0 Å². The van der Waals surface area contributed by atoms with Crippen LogP contribution in [0, 0.1) is 0 Å². The molecule has 0 atom stereocenters. The van der Waals surface area contributed by atoms with Gasteiger partial charge in [0, 0.05) is 24.2 Å². The Kier molecular flexibility index (Phi) is 4.14.